The summed E-state index contributed by atoms with van der Waals surface area (Å²) in [4.78, 5) is 8.12. The molecule has 0 aromatic carbocycles. The molecule has 0 aliphatic heterocycles. The van der Waals surface area contributed by atoms with Crippen LogP contribution in [0.15, 0.2) is 6.20 Å². The summed E-state index contributed by atoms with van der Waals surface area (Å²) >= 11 is 0. The number of halogens is 1. The van der Waals surface area contributed by atoms with Gasteiger partial charge < -0.3 is 9.47 Å². The predicted molar refractivity (Wildman–Crippen MR) is 174 cm³/mol. The first-order valence-electron chi connectivity index (χ1n) is 18.1. The molecule has 0 aliphatic rings. The van der Waals surface area contributed by atoms with Crippen molar-refractivity contribution < 1.29 is 13.9 Å². The van der Waals surface area contributed by atoms with Crippen LogP contribution in [0.25, 0.3) is 0 Å². The van der Waals surface area contributed by atoms with E-state index in [2.05, 4.69) is 23.8 Å². The first-order chi connectivity index (χ1) is 20.3. The number of hydrogen-bond acceptors (Lipinski definition) is 4. The van der Waals surface area contributed by atoms with Gasteiger partial charge in [-0.1, -0.05) is 181 Å². The number of hydrogen-bond donors (Lipinski definition) is 0. The summed E-state index contributed by atoms with van der Waals surface area (Å²) < 4.78 is 25.3. The third kappa shape index (κ3) is 24.9. The van der Waals surface area contributed by atoms with Gasteiger partial charge in [0.1, 0.15) is 0 Å². The van der Waals surface area contributed by atoms with E-state index in [1.165, 1.54) is 154 Å². The van der Waals surface area contributed by atoms with Crippen molar-refractivity contribution in [2.45, 2.75) is 194 Å². The van der Waals surface area contributed by atoms with E-state index in [9.17, 15) is 4.39 Å². The van der Waals surface area contributed by atoms with Crippen LogP contribution < -0.4 is 9.47 Å². The quantitative estimate of drug-likeness (QED) is 0.0797. The molecule has 0 bridgehead atoms. The van der Waals surface area contributed by atoms with Crippen molar-refractivity contribution in [3.05, 3.63) is 12.0 Å². The summed E-state index contributed by atoms with van der Waals surface area (Å²) in [6.07, 6.45) is 38.2. The summed E-state index contributed by atoms with van der Waals surface area (Å²) in [6, 6.07) is 0.219. The molecule has 0 radical (unpaired) electrons. The predicted octanol–water partition coefficient (Wildman–Crippen LogP) is 12.3. The van der Waals surface area contributed by atoms with Gasteiger partial charge in [-0.25, -0.2) is 4.98 Å². The molecule has 1 rings (SSSR count). The molecule has 1 aromatic heterocycles. The van der Waals surface area contributed by atoms with Crippen LogP contribution in [0.2, 0.25) is 0 Å². The van der Waals surface area contributed by atoms with Crippen LogP contribution >= 0.6 is 0 Å². The average molecular weight is 579 g/mol. The number of rotatable bonds is 32. The van der Waals surface area contributed by atoms with Crippen molar-refractivity contribution >= 4 is 0 Å². The van der Waals surface area contributed by atoms with E-state index >= 15 is 0 Å². The SMILES string of the molecule is CCCCCCCCCCCCCCCCOc1ncc(F)c(OCCCCCCCCCCCCCCCC)n1. The third-order valence-electron chi connectivity index (χ3n) is 8.16. The van der Waals surface area contributed by atoms with E-state index < -0.39 is 5.82 Å². The molecule has 1 aromatic rings. The van der Waals surface area contributed by atoms with Crippen molar-refractivity contribution in [1.82, 2.24) is 9.97 Å². The molecule has 1 heterocycles. The minimum atomic E-state index is -0.515. The maximum atomic E-state index is 14.1. The molecular formula is C36H67FN2O2. The molecule has 0 fully saturated rings. The van der Waals surface area contributed by atoms with Gasteiger partial charge in [0.15, 0.2) is 0 Å². The Hall–Kier alpha value is -1.39. The van der Waals surface area contributed by atoms with E-state index in [0.29, 0.717) is 13.2 Å². The van der Waals surface area contributed by atoms with E-state index in [1.54, 1.807) is 0 Å². The number of aromatic nitrogens is 2. The zero-order valence-corrected chi connectivity index (χ0v) is 27.4. The first kappa shape index (κ1) is 37.6. The van der Waals surface area contributed by atoms with Crippen LogP contribution in [0.3, 0.4) is 0 Å². The average Bonchev–Trinajstić information content (AvgIpc) is 2.98. The molecule has 0 saturated carbocycles. The molecule has 41 heavy (non-hydrogen) atoms. The van der Waals surface area contributed by atoms with Crippen LogP contribution in [0.1, 0.15) is 194 Å². The monoisotopic (exact) mass is 579 g/mol. The normalized spacial score (nSPS) is 11.3. The topological polar surface area (TPSA) is 44.2 Å². The van der Waals surface area contributed by atoms with Gasteiger partial charge in [0.25, 0.3) is 5.88 Å². The Balaban J connectivity index is 1.93. The van der Waals surface area contributed by atoms with Crippen LogP contribution in [0.4, 0.5) is 4.39 Å². The second kappa shape index (κ2) is 30.1. The highest BCUT2D eigenvalue weighted by atomic mass is 19.1. The van der Waals surface area contributed by atoms with Crippen molar-refractivity contribution in [1.29, 1.82) is 0 Å². The second-order valence-corrected chi connectivity index (χ2v) is 12.2. The molecule has 4 nitrogen and oxygen atoms in total. The Labute approximate surface area is 254 Å². The lowest BCUT2D eigenvalue weighted by Gasteiger charge is -2.09. The Morgan fingerprint density at radius 1 is 0.463 bits per heavy atom. The fourth-order valence-corrected chi connectivity index (χ4v) is 5.43. The smallest absolute Gasteiger partial charge is 0.319 e. The van der Waals surface area contributed by atoms with Crippen LogP contribution in [-0.2, 0) is 0 Å². The van der Waals surface area contributed by atoms with Gasteiger partial charge in [0.05, 0.1) is 19.4 Å². The fourth-order valence-electron chi connectivity index (χ4n) is 5.43. The Morgan fingerprint density at radius 3 is 1.15 bits per heavy atom. The lowest BCUT2D eigenvalue weighted by atomic mass is 10.0. The maximum Gasteiger partial charge on any atom is 0.319 e. The number of nitrogens with zero attached hydrogens (tertiary/aromatic N) is 2. The summed E-state index contributed by atoms with van der Waals surface area (Å²) in [5, 5.41) is 0. The zero-order chi connectivity index (χ0) is 29.5. The standard InChI is InChI=1S/C36H67FN2O2/c1-3-5-7-9-11-13-15-17-19-21-23-25-27-29-31-40-35-34(37)33-38-36(39-35)41-32-30-28-26-24-22-20-18-16-14-12-10-8-6-4-2/h33H,3-32H2,1-2H3. The van der Waals surface area contributed by atoms with Crippen molar-refractivity contribution in [2.75, 3.05) is 13.2 Å². The van der Waals surface area contributed by atoms with Crippen LogP contribution in [0, 0.1) is 5.82 Å². The van der Waals surface area contributed by atoms with Gasteiger partial charge >= 0.3 is 6.01 Å². The van der Waals surface area contributed by atoms with E-state index in [4.69, 9.17) is 9.47 Å². The Kier molecular flexibility index (Phi) is 27.6. The zero-order valence-electron chi connectivity index (χ0n) is 27.4. The van der Waals surface area contributed by atoms with Gasteiger partial charge in [-0.2, -0.15) is 9.37 Å². The Morgan fingerprint density at radius 2 is 0.780 bits per heavy atom. The minimum absolute atomic E-state index is 0.0191. The molecular weight excluding hydrogens is 511 g/mol. The van der Waals surface area contributed by atoms with Crippen molar-refractivity contribution in [2.24, 2.45) is 0 Å². The number of unbranched alkanes of at least 4 members (excludes halogenated alkanes) is 26. The highest BCUT2D eigenvalue weighted by molar-refractivity contribution is 5.14. The lowest BCUT2D eigenvalue weighted by Crippen LogP contribution is -2.06. The molecule has 0 saturated heterocycles. The Bertz CT molecular complexity index is 673. The highest BCUT2D eigenvalue weighted by Crippen LogP contribution is 2.18. The van der Waals surface area contributed by atoms with Gasteiger partial charge in [0.2, 0.25) is 5.82 Å². The van der Waals surface area contributed by atoms with Crippen molar-refractivity contribution in [3.8, 4) is 11.9 Å². The lowest BCUT2D eigenvalue weighted by molar-refractivity contribution is 0.250. The van der Waals surface area contributed by atoms with Gasteiger partial charge in [0, 0.05) is 0 Å². The summed E-state index contributed by atoms with van der Waals surface area (Å²) in [6.45, 7) is 5.62. The fraction of sp³-hybridized carbons (Fsp3) is 0.889. The minimum Gasteiger partial charge on any atom is -0.475 e. The molecule has 0 atom stereocenters. The molecule has 0 amide bonds. The van der Waals surface area contributed by atoms with E-state index in [0.717, 1.165) is 31.9 Å². The summed E-state index contributed by atoms with van der Waals surface area (Å²) in [5.41, 5.74) is 0. The van der Waals surface area contributed by atoms with Crippen LogP contribution in [0.5, 0.6) is 11.9 Å². The molecule has 0 N–H and O–H groups in total. The molecule has 5 heteroatoms. The largest absolute Gasteiger partial charge is 0.475 e. The molecule has 0 unspecified atom stereocenters. The van der Waals surface area contributed by atoms with Crippen molar-refractivity contribution in [3.63, 3.8) is 0 Å². The number of ether oxygens (including phenoxy) is 2. The van der Waals surface area contributed by atoms with Gasteiger partial charge in [-0.15, -0.1) is 0 Å². The van der Waals surface area contributed by atoms with Gasteiger partial charge in [-0.3, -0.25) is 0 Å². The first-order valence-corrected chi connectivity index (χ1v) is 18.1. The van der Waals surface area contributed by atoms with Crippen LogP contribution in [-0.4, -0.2) is 23.2 Å². The van der Waals surface area contributed by atoms with Gasteiger partial charge in [-0.05, 0) is 12.8 Å². The highest BCUT2D eigenvalue weighted by Gasteiger charge is 2.09. The maximum absolute atomic E-state index is 14.1. The third-order valence-corrected chi connectivity index (χ3v) is 8.16. The summed E-state index contributed by atoms with van der Waals surface area (Å²) in [5.74, 6) is -0.495. The second-order valence-electron chi connectivity index (χ2n) is 12.2. The van der Waals surface area contributed by atoms with E-state index in [-0.39, 0.29) is 11.9 Å². The summed E-state index contributed by atoms with van der Waals surface area (Å²) in [7, 11) is 0. The molecule has 240 valence electrons. The molecule has 0 aliphatic carbocycles. The molecule has 0 spiro atoms. The van der Waals surface area contributed by atoms with E-state index in [1.807, 2.05) is 0 Å².